The Morgan fingerprint density at radius 2 is 1.93 bits per heavy atom. The number of benzene rings is 1. The minimum atomic E-state index is 0.261. The van der Waals surface area contributed by atoms with E-state index in [9.17, 15) is 4.79 Å². The summed E-state index contributed by atoms with van der Waals surface area (Å²) in [4.78, 5) is 11.6. The third-order valence-corrected chi connectivity index (χ3v) is 2.44. The van der Waals surface area contributed by atoms with Crippen molar-refractivity contribution in [1.29, 1.82) is 0 Å². The number of aryl methyl sites for hydroxylation is 1. The van der Waals surface area contributed by atoms with Gasteiger partial charge in [-0.05, 0) is 18.4 Å². The van der Waals surface area contributed by atoms with Crippen molar-refractivity contribution in [1.82, 2.24) is 0 Å². The van der Waals surface area contributed by atoms with E-state index in [1.54, 1.807) is 0 Å². The number of carbonyl (C=O) groups is 1. The topological polar surface area (TPSA) is 17.1 Å². The molecule has 0 N–H and O–H groups in total. The van der Waals surface area contributed by atoms with Gasteiger partial charge in [-0.15, -0.1) is 0 Å². The second-order valence-corrected chi connectivity index (χ2v) is 3.54. The Hall–Kier alpha value is -1.11. The third-order valence-electron chi connectivity index (χ3n) is 2.44. The van der Waals surface area contributed by atoms with Gasteiger partial charge in [0.1, 0.15) is 0 Å². The lowest BCUT2D eigenvalue weighted by Crippen LogP contribution is -2.02. The molecule has 0 amide bonds. The minimum Gasteiger partial charge on any atom is -0.294 e. The van der Waals surface area contributed by atoms with E-state index in [0.29, 0.717) is 6.42 Å². The zero-order valence-corrected chi connectivity index (χ0v) is 9.05. The highest BCUT2D eigenvalue weighted by molar-refractivity contribution is 5.97. The van der Waals surface area contributed by atoms with Crippen molar-refractivity contribution < 1.29 is 4.79 Å². The predicted octanol–water partition coefficient (Wildman–Crippen LogP) is 3.62. The first-order valence-corrected chi connectivity index (χ1v) is 5.40. The molecule has 1 nitrogen and oxygen atoms in total. The van der Waals surface area contributed by atoms with Crippen molar-refractivity contribution in [3.63, 3.8) is 0 Å². The number of carbonyl (C=O) groups excluding carboxylic acids is 1. The molecule has 14 heavy (non-hydrogen) atoms. The van der Waals surface area contributed by atoms with E-state index >= 15 is 0 Å². The van der Waals surface area contributed by atoms with Crippen molar-refractivity contribution >= 4 is 5.78 Å². The van der Waals surface area contributed by atoms with Crippen LogP contribution in [-0.4, -0.2) is 5.78 Å². The van der Waals surface area contributed by atoms with Gasteiger partial charge in [-0.2, -0.15) is 0 Å². The fraction of sp³-hybridized carbons (Fsp3) is 0.462. The van der Waals surface area contributed by atoms with Crippen LogP contribution < -0.4 is 0 Å². The third kappa shape index (κ3) is 2.69. The van der Waals surface area contributed by atoms with Crippen molar-refractivity contribution in [3.8, 4) is 0 Å². The molecule has 0 atom stereocenters. The van der Waals surface area contributed by atoms with Crippen LogP contribution in [0.2, 0.25) is 0 Å². The predicted molar refractivity (Wildman–Crippen MR) is 59.7 cm³/mol. The number of Topliss-reactive ketones (excluding diaryl/α,β-unsaturated/α-hetero) is 1. The molecule has 0 aliphatic heterocycles. The molecule has 0 saturated heterocycles. The van der Waals surface area contributed by atoms with E-state index in [1.165, 1.54) is 12.0 Å². The van der Waals surface area contributed by atoms with Gasteiger partial charge in [0, 0.05) is 12.0 Å². The van der Waals surface area contributed by atoms with Crippen LogP contribution in [0.4, 0.5) is 0 Å². The molecule has 0 aliphatic carbocycles. The molecule has 0 radical (unpaired) electrons. The van der Waals surface area contributed by atoms with Gasteiger partial charge >= 0.3 is 0 Å². The Kier molecular flexibility index (Phi) is 4.37. The SMILES string of the molecule is CCCCc1ccccc1C(=O)CC. The number of hydrogen-bond acceptors (Lipinski definition) is 1. The van der Waals surface area contributed by atoms with E-state index in [2.05, 4.69) is 13.0 Å². The highest BCUT2D eigenvalue weighted by Gasteiger charge is 2.07. The quantitative estimate of drug-likeness (QED) is 0.648. The van der Waals surface area contributed by atoms with E-state index in [1.807, 2.05) is 25.1 Å². The number of rotatable bonds is 5. The molecule has 76 valence electrons. The summed E-state index contributed by atoms with van der Waals surface area (Å²) in [6.45, 7) is 4.09. The second-order valence-electron chi connectivity index (χ2n) is 3.54. The summed E-state index contributed by atoms with van der Waals surface area (Å²) in [5.74, 6) is 0.261. The largest absolute Gasteiger partial charge is 0.294 e. The molecule has 0 aliphatic rings. The number of hydrogen-bond donors (Lipinski definition) is 0. The molecular weight excluding hydrogens is 172 g/mol. The van der Waals surface area contributed by atoms with Crippen molar-refractivity contribution in [2.45, 2.75) is 39.5 Å². The van der Waals surface area contributed by atoms with Crippen LogP contribution in [-0.2, 0) is 6.42 Å². The lowest BCUT2D eigenvalue weighted by molar-refractivity contribution is 0.0987. The number of unbranched alkanes of at least 4 members (excludes halogenated alkanes) is 1. The fourth-order valence-electron chi connectivity index (χ4n) is 1.57. The molecule has 0 heterocycles. The summed E-state index contributed by atoms with van der Waals surface area (Å²) in [5, 5.41) is 0. The van der Waals surface area contributed by atoms with Gasteiger partial charge in [-0.1, -0.05) is 44.5 Å². The molecule has 1 aromatic carbocycles. The standard InChI is InChI=1S/C13H18O/c1-3-5-8-11-9-6-7-10-12(11)13(14)4-2/h6-7,9-10H,3-5,8H2,1-2H3. The first-order valence-electron chi connectivity index (χ1n) is 5.40. The summed E-state index contributed by atoms with van der Waals surface area (Å²) in [6.07, 6.45) is 3.96. The van der Waals surface area contributed by atoms with Gasteiger partial charge in [0.05, 0.1) is 0 Å². The van der Waals surface area contributed by atoms with E-state index in [-0.39, 0.29) is 5.78 Å². The first-order chi connectivity index (χ1) is 6.79. The molecule has 1 aromatic rings. The van der Waals surface area contributed by atoms with Gasteiger partial charge in [0.15, 0.2) is 5.78 Å². The Labute approximate surface area is 86.1 Å². The normalized spacial score (nSPS) is 10.1. The maximum absolute atomic E-state index is 11.6. The van der Waals surface area contributed by atoms with Gasteiger partial charge in [-0.25, -0.2) is 0 Å². The molecule has 0 bridgehead atoms. The monoisotopic (exact) mass is 190 g/mol. The highest BCUT2D eigenvalue weighted by Crippen LogP contribution is 2.13. The van der Waals surface area contributed by atoms with Gasteiger partial charge in [0.2, 0.25) is 0 Å². The van der Waals surface area contributed by atoms with Crippen LogP contribution in [0.1, 0.15) is 49.0 Å². The van der Waals surface area contributed by atoms with Crippen LogP contribution in [0, 0.1) is 0 Å². The minimum absolute atomic E-state index is 0.261. The lowest BCUT2D eigenvalue weighted by atomic mass is 9.98. The highest BCUT2D eigenvalue weighted by atomic mass is 16.1. The molecule has 0 saturated carbocycles. The molecule has 1 heteroatoms. The second kappa shape index (κ2) is 5.58. The molecule has 1 rings (SSSR count). The first kappa shape index (κ1) is 11.0. The average Bonchev–Trinajstić information content (AvgIpc) is 2.25. The maximum Gasteiger partial charge on any atom is 0.162 e. The fourth-order valence-corrected chi connectivity index (χ4v) is 1.57. The zero-order valence-electron chi connectivity index (χ0n) is 9.05. The summed E-state index contributed by atoms with van der Waals surface area (Å²) in [7, 11) is 0. The summed E-state index contributed by atoms with van der Waals surface area (Å²) >= 11 is 0. The summed E-state index contributed by atoms with van der Waals surface area (Å²) in [6, 6.07) is 7.96. The van der Waals surface area contributed by atoms with Crippen LogP contribution in [0.5, 0.6) is 0 Å². The Morgan fingerprint density at radius 1 is 1.21 bits per heavy atom. The van der Waals surface area contributed by atoms with Gasteiger partial charge in [-0.3, -0.25) is 4.79 Å². The summed E-state index contributed by atoms with van der Waals surface area (Å²) in [5.41, 5.74) is 2.13. The van der Waals surface area contributed by atoms with Crippen molar-refractivity contribution in [3.05, 3.63) is 35.4 Å². The van der Waals surface area contributed by atoms with E-state index in [4.69, 9.17) is 0 Å². The molecule has 0 unspecified atom stereocenters. The summed E-state index contributed by atoms with van der Waals surface area (Å²) < 4.78 is 0. The van der Waals surface area contributed by atoms with Crippen LogP contribution in [0.3, 0.4) is 0 Å². The average molecular weight is 190 g/mol. The molecule has 0 spiro atoms. The van der Waals surface area contributed by atoms with Crippen molar-refractivity contribution in [2.75, 3.05) is 0 Å². The zero-order chi connectivity index (χ0) is 10.4. The van der Waals surface area contributed by atoms with Crippen LogP contribution >= 0.6 is 0 Å². The molecular formula is C13H18O. The van der Waals surface area contributed by atoms with Crippen molar-refractivity contribution in [2.24, 2.45) is 0 Å². The smallest absolute Gasteiger partial charge is 0.162 e. The van der Waals surface area contributed by atoms with E-state index in [0.717, 1.165) is 18.4 Å². The number of ketones is 1. The molecule has 0 aromatic heterocycles. The Balaban J connectivity index is 2.85. The van der Waals surface area contributed by atoms with Gasteiger partial charge in [0.25, 0.3) is 0 Å². The van der Waals surface area contributed by atoms with Crippen LogP contribution in [0.25, 0.3) is 0 Å². The van der Waals surface area contributed by atoms with Gasteiger partial charge < -0.3 is 0 Å². The van der Waals surface area contributed by atoms with Crippen LogP contribution in [0.15, 0.2) is 24.3 Å². The van der Waals surface area contributed by atoms with E-state index < -0.39 is 0 Å². The Bertz CT molecular complexity index is 302. The Morgan fingerprint density at radius 3 is 2.57 bits per heavy atom. The molecule has 0 fully saturated rings. The lowest BCUT2D eigenvalue weighted by Gasteiger charge is -2.06. The maximum atomic E-state index is 11.6.